The standard InChI is InChI=1S/C22H17NO3S/c1-27-14-15-7-9-17(10-8-15)22(24)25-18-11-12-19-20(13-18)26-21(23-19)16-5-3-2-4-6-16/h2-13H,14H2,1H3. The van der Waals surface area contributed by atoms with E-state index in [4.69, 9.17) is 9.15 Å². The summed E-state index contributed by atoms with van der Waals surface area (Å²) in [6, 6.07) is 22.3. The molecule has 134 valence electrons. The van der Waals surface area contributed by atoms with Crippen LogP contribution >= 0.6 is 11.8 Å². The smallest absolute Gasteiger partial charge is 0.343 e. The molecule has 0 fully saturated rings. The number of benzene rings is 3. The number of oxazole rings is 1. The highest BCUT2D eigenvalue weighted by Gasteiger charge is 2.12. The third-order valence-electron chi connectivity index (χ3n) is 4.09. The van der Waals surface area contributed by atoms with Gasteiger partial charge in [0.25, 0.3) is 0 Å². The van der Waals surface area contributed by atoms with Crippen LogP contribution in [0.25, 0.3) is 22.6 Å². The Hall–Kier alpha value is -3.05. The van der Waals surface area contributed by atoms with E-state index >= 15 is 0 Å². The molecule has 0 aliphatic carbocycles. The van der Waals surface area contributed by atoms with Gasteiger partial charge in [0.2, 0.25) is 5.89 Å². The molecule has 0 atom stereocenters. The third-order valence-corrected chi connectivity index (χ3v) is 4.71. The van der Waals surface area contributed by atoms with Gasteiger partial charge in [0.1, 0.15) is 11.3 Å². The van der Waals surface area contributed by atoms with Gasteiger partial charge in [0.15, 0.2) is 5.58 Å². The van der Waals surface area contributed by atoms with Crippen molar-refractivity contribution in [3.63, 3.8) is 0 Å². The van der Waals surface area contributed by atoms with Crippen LogP contribution in [-0.2, 0) is 5.75 Å². The summed E-state index contributed by atoms with van der Waals surface area (Å²) >= 11 is 1.74. The molecule has 1 aromatic heterocycles. The van der Waals surface area contributed by atoms with Gasteiger partial charge in [-0.25, -0.2) is 9.78 Å². The summed E-state index contributed by atoms with van der Waals surface area (Å²) in [4.78, 5) is 16.9. The predicted molar refractivity (Wildman–Crippen MR) is 108 cm³/mol. The maximum Gasteiger partial charge on any atom is 0.343 e. The number of carbonyl (C=O) groups excluding carboxylic acids is 1. The van der Waals surface area contributed by atoms with E-state index in [1.54, 1.807) is 42.1 Å². The van der Waals surface area contributed by atoms with E-state index < -0.39 is 5.97 Å². The Morgan fingerprint density at radius 2 is 1.81 bits per heavy atom. The number of hydrogen-bond acceptors (Lipinski definition) is 5. The number of nitrogens with zero attached hydrogens (tertiary/aromatic N) is 1. The fraction of sp³-hybridized carbons (Fsp3) is 0.0909. The van der Waals surface area contributed by atoms with Crippen molar-refractivity contribution >= 4 is 28.8 Å². The molecule has 4 nitrogen and oxygen atoms in total. The third kappa shape index (κ3) is 3.88. The van der Waals surface area contributed by atoms with Crippen LogP contribution in [0.5, 0.6) is 5.75 Å². The molecule has 4 rings (SSSR count). The first kappa shape index (κ1) is 17.4. The van der Waals surface area contributed by atoms with Gasteiger partial charge in [0, 0.05) is 17.4 Å². The lowest BCUT2D eigenvalue weighted by Crippen LogP contribution is -2.08. The lowest BCUT2D eigenvalue weighted by atomic mass is 10.1. The van der Waals surface area contributed by atoms with Crippen molar-refractivity contribution in [1.29, 1.82) is 0 Å². The van der Waals surface area contributed by atoms with Crippen molar-refractivity contribution in [1.82, 2.24) is 4.98 Å². The molecule has 0 N–H and O–H groups in total. The van der Waals surface area contributed by atoms with E-state index in [1.807, 2.05) is 48.7 Å². The Kier molecular flexibility index (Phi) is 4.94. The lowest BCUT2D eigenvalue weighted by molar-refractivity contribution is 0.0735. The fourth-order valence-electron chi connectivity index (χ4n) is 2.74. The summed E-state index contributed by atoms with van der Waals surface area (Å²) in [6.45, 7) is 0. The van der Waals surface area contributed by atoms with E-state index in [1.165, 1.54) is 5.56 Å². The average Bonchev–Trinajstić information content (AvgIpc) is 3.13. The van der Waals surface area contributed by atoms with Crippen LogP contribution in [-0.4, -0.2) is 17.2 Å². The van der Waals surface area contributed by atoms with Crippen LogP contribution in [0, 0.1) is 0 Å². The second-order valence-corrected chi connectivity index (χ2v) is 6.90. The first-order chi connectivity index (χ1) is 13.2. The molecule has 3 aromatic carbocycles. The highest BCUT2D eigenvalue weighted by molar-refractivity contribution is 7.97. The molecule has 0 spiro atoms. The lowest BCUT2D eigenvalue weighted by Gasteiger charge is -2.05. The monoisotopic (exact) mass is 375 g/mol. The van der Waals surface area contributed by atoms with Gasteiger partial charge >= 0.3 is 5.97 Å². The minimum Gasteiger partial charge on any atom is -0.436 e. The zero-order valence-corrected chi connectivity index (χ0v) is 15.5. The summed E-state index contributed by atoms with van der Waals surface area (Å²) in [7, 11) is 0. The van der Waals surface area contributed by atoms with Crippen LogP contribution in [0.2, 0.25) is 0 Å². The number of carbonyl (C=O) groups is 1. The maximum atomic E-state index is 12.4. The van der Waals surface area contributed by atoms with Gasteiger partial charge in [0.05, 0.1) is 5.56 Å². The molecular formula is C22H17NO3S. The zero-order valence-electron chi connectivity index (χ0n) is 14.7. The largest absolute Gasteiger partial charge is 0.436 e. The van der Waals surface area contributed by atoms with Crippen LogP contribution in [0.1, 0.15) is 15.9 Å². The first-order valence-corrected chi connectivity index (χ1v) is 9.88. The second kappa shape index (κ2) is 7.68. The van der Waals surface area contributed by atoms with Gasteiger partial charge in [-0.1, -0.05) is 30.3 Å². The molecule has 5 heteroatoms. The number of hydrogen-bond donors (Lipinski definition) is 0. The van der Waals surface area contributed by atoms with Gasteiger partial charge in [-0.2, -0.15) is 11.8 Å². The molecule has 0 saturated carbocycles. The van der Waals surface area contributed by atoms with Crippen molar-refractivity contribution in [3.8, 4) is 17.2 Å². The molecule has 0 bridgehead atoms. The van der Waals surface area contributed by atoms with Crippen LogP contribution in [0.3, 0.4) is 0 Å². The SMILES string of the molecule is CSCc1ccc(C(=O)Oc2ccc3nc(-c4ccccc4)oc3c2)cc1. The maximum absolute atomic E-state index is 12.4. The number of esters is 1. The van der Waals surface area contributed by atoms with Crippen molar-refractivity contribution in [2.75, 3.05) is 6.26 Å². The molecule has 0 aliphatic rings. The summed E-state index contributed by atoms with van der Waals surface area (Å²) in [5.41, 5.74) is 3.89. The van der Waals surface area contributed by atoms with E-state index in [0.717, 1.165) is 16.8 Å². The highest BCUT2D eigenvalue weighted by atomic mass is 32.2. The van der Waals surface area contributed by atoms with Crippen molar-refractivity contribution in [2.45, 2.75) is 5.75 Å². The minimum atomic E-state index is -0.396. The average molecular weight is 375 g/mol. The van der Waals surface area contributed by atoms with E-state index in [9.17, 15) is 4.79 Å². The van der Waals surface area contributed by atoms with Crippen LogP contribution < -0.4 is 4.74 Å². The van der Waals surface area contributed by atoms with Crippen molar-refractivity contribution in [3.05, 3.63) is 83.9 Å². The first-order valence-electron chi connectivity index (χ1n) is 8.49. The van der Waals surface area contributed by atoms with E-state index in [-0.39, 0.29) is 0 Å². The molecule has 0 radical (unpaired) electrons. The van der Waals surface area contributed by atoms with Gasteiger partial charge < -0.3 is 9.15 Å². The molecular weight excluding hydrogens is 358 g/mol. The Bertz CT molecular complexity index is 1070. The van der Waals surface area contributed by atoms with Gasteiger partial charge in [-0.3, -0.25) is 0 Å². The fourth-order valence-corrected chi connectivity index (χ4v) is 3.27. The Morgan fingerprint density at radius 1 is 1.04 bits per heavy atom. The van der Waals surface area contributed by atoms with Crippen LogP contribution in [0.4, 0.5) is 0 Å². The summed E-state index contributed by atoms with van der Waals surface area (Å²) in [6.07, 6.45) is 2.05. The van der Waals surface area contributed by atoms with E-state index in [2.05, 4.69) is 4.98 Å². The number of fused-ring (bicyclic) bond motifs is 1. The minimum absolute atomic E-state index is 0.396. The zero-order chi connectivity index (χ0) is 18.6. The van der Waals surface area contributed by atoms with Gasteiger partial charge in [-0.05, 0) is 48.2 Å². The Balaban J connectivity index is 1.54. The Morgan fingerprint density at radius 3 is 2.56 bits per heavy atom. The number of rotatable bonds is 5. The molecule has 1 heterocycles. The van der Waals surface area contributed by atoms with E-state index in [0.29, 0.717) is 22.8 Å². The topological polar surface area (TPSA) is 52.3 Å². The molecule has 0 amide bonds. The summed E-state index contributed by atoms with van der Waals surface area (Å²) in [5.74, 6) is 1.49. The second-order valence-electron chi connectivity index (χ2n) is 6.03. The molecule has 27 heavy (non-hydrogen) atoms. The molecule has 0 saturated heterocycles. The molecule has 4 aromatic rings. The predicted octanol–water partition coefficient (Wildman–Crippen LogP) is 5.58. The van der Waals surface area contributed by atoms with Crippen molar-refractivity contribution in [2.24, 2.45) is 0 Å². The highest BCUT2D eigenvalue weighted by Crippen LogP contribution is 2.27. The quantitative estimate of drug-likeness (QED) is 0.337. The number of ether oxygens (including phenoxy) is 1. The molecule has 0 unspecified atom stereocenters. The summed E-state index contributed by atoms with van der Waals surface area (Å²) in [5, 5.41) is 0. The van der Waals surface area contributed by atoms with Crippen molar-refractivity contribution < 1.29 is 13.9 Å². The molecule has 0 aliphatic heterocycles. The van der Waals surface area contributed by atoms with Gasteiger partial charge in [-0.15, -0.1) is 0 Å². The Labute approximate surface area is 161 Å². The number of aromatic nitrogens is 1. The van der Waals surface area contributed by atoms with Crippen LogP contribution in [0.15, 0.2) is 77.2 Å². The normalized spacial score (nSPS) is 10.9. The number of thioether (sulfide) groups is 1. The summed E-state index contributed by atoms with van der Waals surface area (Å²) < 4.78 is 11.3.